The lowest BCUT2D eigenvalue weighted by molar-refractivity contribution is -0.147. The van der Waals surface area contributed by atoms with Gasteiger partial charge in [0.25, 0.3) is 0 Å². The van der Waals surface area contributed by atoms with E-state index in [1.807, 2.05) is 0 Å². The van der Waals surface area contributed by atoms with E-state index in [4.69, 9.17) is 16.7 Å². The number of carbonyl (C=O) groups excluding carboxylic acids is 1. The van der Waals surface area contributed by atoms with Crippen molar-refractivity contribution in [2.24, 2.45) is 0 Å². The summed E-state index contributed by atoms with van der Waals surface area (Å²) in [5.41, 5.74) is 0.848. The smallest absolute Gasteiger partial charge is 0.327 e. The summed E-state index contributed by atoms with van der Waals surface area (Å²) in [5.74, 6) is -0.0155. The van der Waals surface area contributed by atoms with Gasteiger partial charge in [-0.1, -0.05) is 23.7 Å². The fourth-order valence-electron chi connectivity index (χ4n) is 1.91. The lowest BCUT2D eigenvalue weighted by atomic mass is 10.2. The van der Waals surface area contributed by atoms with Gasteiger partial charge in [0, 0.05) is 29.1 Å². The van der Waals surface area contributed by atoms with Crippen LogP contribution in [0.5, 0.6) is 0 Å². The number of halogens is 1. The van der Waals surface area contributed by atoms with Gasteiger partial charge in [0.05, 0.1) is 0 Å². The van der Waals surface area contributed by atoms with Crippen molar-refractivity contribution in [1.82, 2.24) is 4.90 Å². The summed E-state index contributed by atoms with van der Waals surface area (Å²) in [6, 6.07) is 6.34. The molecule has 1 N–H and O–H groups in total. The van der Waals surface area contributed by atoms with Crippen LogP contribution in [0.25, 0.3) is 6.08 Å². The Labute approximate surface area is 126 Å². The van der Waals surface area contributed by atoms with Crippen molar-refractivity contribution in [1.29, 1.82) is 0 Å². The first kappa shape index (κ1) is 14.9. The fraction of sp³-hybridized carbons (Fsp3) is 0.286. The van der Waals surface area contributed by atoms with Crippen LogP contribution < -0.4 is 0 Å². The van der Waals surface area contributed by atoms with E-state index in [1.54, 1.807) is 42.1 Å². The van der Waals surface area contributed by atoms with Crippen molar-refractivity contribution >= 4 is 41.3 Å². The van der Waals surface area contributed by atoms with Crippen LogP contribution in [-0.4, -0.2) is 46.0 Å². The molecule has 1 atom stereocenters. The molecule has 1 fully saturated rings. The molecule has 4 nitrogen and oxygen atoms in total. The Kier molecular flexibility index (Phi) is 5.09. The van der Waals surface area contributed by atoms with Gasteiger partial charge < -0.3 is 10.0 Å². The van der Waals surface area contributed by atoms with E-state index in [1.165, 1.54) is 11.0 Å². The van der Waals surface area contributed by atoms with Gasteiger partial charge in [0.15, 0.2) is 0 Å². The van der Waals surface area contributed by atoms with Gasteiger partial charge in [-0.3, -0.25) is 4.79 Å². The molecule has 0 radical (unpaired) electrons. The molecule has 1 saturated heterocycles. The summed E-state index contributed by atoms with van der Waals surface area (Å²) >= 11 is 7.34. The monoisotopic (exact) mass is 311 g/mol. The zero-order valence-corrected chi connectivity index (χ0v) is 12.2. The zero-order chi connectivity index (χ0) is 14.5. The van der Waals surface area contributed by atoms with Crippen molar-refractivity contribution < 1.29 is 14.7 Å². The van der Waals surface area contributed by atoms with Gasteiger partial charge >= 0.3 is 5.97 Å². The van der Waals surface area contributed by atoms with Crippen molar-refractivity contribution in [2.45, 2.75) is 6.04 Å². The summed E-state index contributed by atoms with van der Waals surface area (Å²) in [5, 5.41) is 9.76. The molecular formula is C14H14ClNO3S. The van der Waals surface area contributed by atoms with Crippen LogP contribution in [0, 0.1) is 0 Å². The van der Waals surface area contributed by atoms with Crippen molar-refractivity contribution in [2.75, 3.05) is 18.1 Å². The van der Waals surface area contributed by atoms with Gasteiger partial charge in [0.1, 0.15) is 6.04 Å². The third-order valence-electron chi connectivity index (χ3n) is 2.98. The first-order valence-corrected chi connectivity index (χ1v) is 7.66. The van der Waals surface area contributed by atoms with Crippen LogP contribution in [0.3, 0.4) is 0 Å². The SMILES string of the molecule is O=C(O)C1CSCCN1C(=O)/C=C/c1ccc(Cl)cc1. The highest BCUT2D eigenvalue weighted by molar-refractivity contribution is 7.99. The quantitative estimate of drug-likeness (QED) is 0.871. The molecule has 0 bridgehead atoms. The average molecular weight is 312 g/mol. The molecule has 1 aliphatic heterocycles. The molecule has 0 saturated carbocycles. The molecule has 1 aliphatic rings. The molecule has 1 aromatic rings. The van der Waals surface area contributed by atoms with E-state index in [9.17, 15) is 9.59 Å². The minimum absolute atomic E-state index is 0.271. The maximum Gasteiger partial charge on any atom is 0.327 e. The minimum atomic E-state index is -0.953. The van der Waals surface area contributed by atoms with Crippen LogP contribution in [-0.2, 0) is 9.59 Å². The Balaban J connectivity index is 2.06. The molecule has 106 valence electrons. The maximum absolute atomic E-state index is 12.1. The van der Waals surface area contributed by atoms with E-state index in [-0.39, 0.29) is 5.91 Å². The van der Waals surface area contributed by atoms with Crippen LogP contribution in [0.2, 0.25) is 5.02 Å². The lowest BCUT2D eigenvalue weighted by Crippen LogP contribution is -2.49. The molecule has 2 rings (SSSR count). The molecule has 1 heterocycles. The molecule has 6 heteroatoms. The van der Waals surface area contributed by atoms with Gasteiger partial charge in [-0.25, -0.2) is 4.79 Å². The van der Waals surface area contributed by atoms with Crippen LogP contribution in [0.1, 0.15) is 5.56 Å². The van der Waals surface area contributed by atoms with E-state index in [0.29, 0.717) is 17.3 Å². The summed E-state index contributed by atoms with van der Waals surface area (Å²) in [4.78, 5) is 24.6. The Morgan fingerprint density at radius 1 is 1.35 bits per heavy atom. The maximum atomic E-state index is 12.1. The number of hydrogen-bond acceptors (Lipinski definition) is 3. The summed E-state index contributed by atoms with van der Waals surface area (Å²) < 4.78 is 0. The third kappa shape index (κ3) is 3.77. The van der Waals surface area contributed by atoms with E-state index in [0.717, 1.165) is 11.3 Å². The van der Waals surface area contributed by atoms with Gasteiger partial charge in [-0.05, 0) is 23.8 Å². The van der Waals surface area contributed by atoms with Gasteiger partial charge in [-0.2, -0.15) is 11.8 Å². The van der Waals surface area contributed by atoms with Gasteiger partial charge in [-0.15, -0.1) is 0 Å². The second-order valence-corrected chi connectivity index (χ2v) is 5.93. The number of benzene rings is 1. The number of carboxylic acid groups (broad SMARTS) is 1. The fourth-order valence-corrected chi connectivity index (χ4v) is 3.07. The first-order chi connectivity index (χ1) is 9.58. The number of aliphatic carboxylic acids is 1. The van der Waals surface area contributed by atoms with Crippen molar-refractivity contribution in [3.05, 3.63) is 40.9 Å². The summed E-state index contributed by atoms with van der Waals surface area (Å²) in [7, 11) is 0. The lowest BCUT2D eigenvalue weighted by Gasteiger charge is -2.31. The molecule has 1 aromatic carbocycles. The number of nitrogens with zero attached hydrogens (tertiary/aromatic N) is 1. The predicted octanol–water partition coefficient (Wildman–Crippen LogP) is 2.38. The Hall–Kier alpha value is -1.46. The van der Waals surface area contributed by atoms with E-state index >= 15 is 0 Å². The van der Waals surface area contributed by atoms with E-state index < -0.39 is 12.0 Å². The standard InChI is InChI=1S/C14H14ClNO3S/c15-11-4-1-10(2-5-11)3-6-13(17)16-7-8-20-9-12(16)14(18)19/h1-6,12H,7-9H2,(H,18,19)/b6-3+. The second-order valence-electron chi connectivity index (χ2n) is 4.35. The van der Waals surface area contributed by atoms with Crippen LogP contribution in [0.4, 0.5) is 0 Å². The Bertz CT molecular complexity index is 530. The predicted molar refractivity (Wildman–Crippen MR) is 80.9 cm³/mol. The van der Waals surface area contributed by atoms with Crippen molar-refractivity contribution in [3.8, 4) is 0 Å². The molecule has 20 heavy (non-hydrogen) atoms. The molecule has 0 spiro atoms. The highest BCUT2D eigenvalue weighted by Crippen LogP contribution is 2.17. The first-order valence-electron chi connectivity index (χ1n) is 6.13. The topological polar surface area (TPSA) is 57.6 Å². The normalized spacial score (nSPS) is 19.2. The summed E-state index contributed by atoms with van der Waals surface area (Å²) in [6.07, 6.45) is 3.08. The Morgan fingerprint density at radius 2 is 2.05 bits per heavy atom. The molecule has 0 aromatic heterocycles. The van der Waals surface area contributed by atoms with Crippen LogP contribution in [0.15, 0.2) is 30.3 Å². The summed E-state index contributed by atoms with van der Waals surface area (Å²) in [6.45, 7) is 0.464. The second kappa shape index (κ2) is 6.81. The average Bonchev–Trinajstić information content (AvgIpc) is 2.46. The van der Waals surface area contributed by atoms with E-state index in [2.05, 4.69) is 0 Å². The minimum Gasteiger partial charge on any atom is -0.480 e. The molecule has 1 unspecified atom stereocenters. The molecular weight excluding hydrogens is 298 g/mol. The van der Waals surface area contributed by atoms with Crippen molar-refractivity contribution in [3.63, 3.8) is 0 Å². The highest BCUT2D eigenvalue weighted by atomic mass is 35.5. The van der Waals surface area contributed by atoms with Gasteiger partial charge in [0.2, 0.25) is 5.91 Å². The zero-order valence-electron chi connectivity index (χ0n) is 10.7. The van der Waals surface area contributed by atoms with Crippen LogP contribution >= 0.6 is 23.4 Å². The molecule has 0 aliphatic carbocycles. The number of hydrogen-bond donors (Lipinski definition) is 1. The number of carboxylic acids is 1. The highest BCUT2D eigenvalue weighted by Gasteiger charge is 2.31. The third-order valence-corrected chi connectivity index (χ3v) is 4.26. The largest absolute Gasteiger partial charge is 0.480 e. The molecule has 1 amide bonds. The Morgan fingerprint density at radius 3 is 2.70 bits per heavy atom. The number of amides is 1. The number of thioether (sulfide) groups is 1. The number of carbonyl (C=O) groups is 2. The number of rotatable bonds is 3.